The normalized spacial score (nSPS) is 42.3. The molecule has 6 unspecified atom stereocenters. The summed E-state index contributed by atoms with van der Waals surface area (Å²) in [6.07, 6.45) is 18.4. The number of esters is 1. The number of allylic oxidation sites excluding steroid dienone is 2. The summed E-state index contributed by atoms with van der Waals surface area (Å²) < 4.78 is 5.60. The van der Waals surface area contributed by atoms with E-state index >= 15 is 0 Å². The van der Waals surface area contributed by atoms with Gasteiger partial charge in [0, 0.05) is 13.3 Å². The first-order chi connectivity index (χ1) is 15.1. The van der Waals surface area contributed by atoms with Crippen LogP contribution in [0.3, 0.4) is 0 Å². The smallest absolute Gasteiger partial charge is 0.307 e. The molecule has 0 aromatic carbocycles. The lowest BCUT2D eigenvalue weighted by atomic mass is 9.45. The number of hydrogen-bond donors (Lipinski definition) is 0. The third-order valence-corrected chi connectivity index (χ3v) is 11.0. The second-order valence-corrected chi connectivity index (χ2v) is 13.2. The molecule has 0 N–H and O–H groups in total. The van der Waals surface area contributed by atoms with E-state index in [2.05, 4.69) is 40.7 Å². The molecule has 4 aliphatic carbocycles. The zero-order valence-electron chi connectivity index (χ0n) is 21.9. The molecular weight excluding hydrogens is 392 g/mol. The Morgan fingerprint density at radius 3 is 2.47 bits per heavy atom. The van der Waals surface area contributed by atoms with Gasteiger partial charge in [-0.2, -0.15) is 0 Å². The fourth-order valence-corrected chi connectivity index (χ4v) is 9.42. The Bertz CT molecular complexity index is 708. The lowest BCUT2D eigenvalue weighted by Gasteiger charge is -2.59. The van der Waals surface area contributed by atoms with Crippen LogP contribution in [-0.2, 0) is 9.53 Å². The Balaban J connectivity index is 1.46. The molecule has 0 radical (unpaired) electrons. The summed E-state index contributed by atoms with van der Waals surface area (Å²) in [4.78, 5) is 11.6. The number of fused-ring (bicyclic) bond motifs is 5. The molecule has 0 heterocycles. The van der Waals surface area contributed by atoms with Crippen LogP contribution < -0.4 is 0 Å². The predicted molar refractivity (Wildman–Crippen MR) is 133 cm³/mol. The van der Waals surface area contributed by atoms with E-state index in [1.165, 1.54) is 64.2 Å². The molecule has 4 rings (SSSR count). The summed E-state index contributed by atoms with van der Waals surface area (Å²) in [6.45, 7) is 14.2. The van der Waals surface area contributed by atoms with Crippen LogP contribution in [0, 0.1) is 52.3 Å². The molecule has 0 aromatic heterocycles. The van der Waals surface area contributed by atoms with Crippen LogP contribution >= 0.6 is 0 Å². The zero-order valence-corrected chi connectivity index (χ0v) is 21.9. The monoisotopic (exact) mass is 442 g/mol. The maximum atomic E-state index is 11.6. The van der Waals surface area contributed by atoms with Gasteiger partial charge in [-0.3, -0.25) is 4.79 Å². The summed E-state index contributed by atoms with van der Waals surface area (Å²) in [7, 11) is 0. The van der Waals surface area contributed by atoms with Crippen LogP contribution in [0.5, 0.6) is 0 Å². The highest BCUT2D eigenvalue weighted by Gasteiger charge is 2.60. The molecule has 0 aliphatic heterocycles. The van der Waals surface area contributed by atoms with Gasteiger partial charge in [0.05, 0.1) is 0 Å². The molecular formula is C30H50O2. The largest absolute Gasteiger partial charge is 0.432 e. The maximum absolute atomic E-state index is 11.6. The summed E-state index contributed by atoms with van der Waals surface area (Å²) in [5, 5.41) is 0. The molecule has 0 spiro atoms. The SMILES string of the molecule is CC(=O)OC1=CCCC2(C)C3CCC4(C)C(CCC4[C@H](C)CCCC(C)C)C3CC[C@H]2C1. The van der Waals surface area contributed by atoms with E-state index < -0.39 is 0 Å². The highest BCUT2D eigenvalue weighted by atomic mass is 16.5. The molecule has 0 saturated heterocycles. The van der Waals surface area contributed by atoms with E-state index in [-0.39, 0.29) is 5.97 Å². The number of carbonyl (C=O) groups excluding carboxylic acids is 1. The Labute approximate surface area is 198 Å². The summed E-state index contributed by atoms with van der Waals surface area (Å²) >= 11 is 0. The molecule has 8 atom stereocenters. The van der Waals surface area contributed by atoms with Crippen molar-refractivity contribution in [3.05, 3.63) is 11.8 Å². The van der Waals surface area contributed by atoms with Crippen molar-refractivity contribution in [2.75, 3.05) is 0 Å². The fourth-order valence-electron chi connectivity index (χ4n) is 9.42. The molecule has 32 heavy (non-hydrogen) atoms. The van der Waals surface area contributed by atoms with E-state index in [9.17, 15) is 4.79 Å². The Morgan fingerprint density at radius 2 is 1.75 bits per heavy atom. The Hall–Kier alpha value is -0.790. The number of ether oxygens (including phenoxy) is 1. The number of rotatable bonds is 6. The van der Waals surface area contributed by atoms with Crippen LogP contribution in [0.4, 0.5) is 0 Å². The topological polar surface area (TPSA) is 26.3 Å². The molecule has 0 amide bonds. The molecule has 0 bridgehead atoms. The molecule has 3 fully saturated rings. The van der Waals surface area contributed by atoms with Gasteiger partial charge in [0.25, 0.3) is 0 Å². The third kappa shape index (κ3) is 4.46. The van der Waals surface area contributed by atoms with Gasteiger partial charge in [0.1, 0.15) is 5.76 Å². The highest BCUT2D eigenvalue weighted by Crippen LogP contribution is 2.68. The van der Waals surface area contributed by atoms with Crippen molar-refractivity contribution < 1.29 is 9.53 Å². The lowest BCUT2D eigenvalue weighted by molar-refractivity contribution is -0.138. The maximum Gasteiger partial charge on any atom is 0.307 e. The van der Waals surface area contributed by atoms with Gasteiger partial charge in [-0.15, -0.1) is 0 Å². The highest BCUT2D eigenvalue weighted by molar-refractivity contribution is 5.67. The van der Waals surface area contributed by atoms with Crippen LogP contribution in [-0.4, -0.2) is 5.97 Å². The van der Waals surface area contributed by atoms with Crippen molar-refractivity contribution in [1.29, 1.82) is 0 Å². The van der Waals surface area contributed by atoms with Gasteiger partial charge >= 0.3 is 5.97 Å². The first-order valence-corrected chi connectivity index (χ1v) is 14.0. The summed E-state index contributed by atoms with van der Waals surface area (Å²) in [6, 6.07) is 0. The van der Waals surface area contributed by atoms with Crippen molar-refractivity contribution in [1.82, 2.24) is 0 Å². The van der Waals surface area contributed by atoms with Gasteiger partial charge in [-0.05, 0) is 110 Å². The van der Waals surface area contributed by atoms with Crippen molar-refractivity contribution in [2.24, 2.45) is 52.3 Å². The zero-order chi connectivity index (χ0) is 23.1. The van der Waals surface area contributed by atoms with Gasteiger partial charge in [-0.25, -0.2) is 0 Å². The van der Waals surface area contributed by atoms with Gasteiger partial charge in [-0.1, -0.05) is 53.9 Å². The van der Waals surface area contributed by atoms with E-state index in [1.54, 1.807) is 6.92 Å². The summed E-state index contributed by atoms with van der Waals surface area (Å²) in [5.41, 5.74) is 0.997. The molecule has 182 valence electrons. The minimum absolute atomic E-state index is 0.151. The fraction of sp³-hybridized carbons (Fsp3) is 0.900. The minimum atomic E-state index is -0.151. The van der Waals surface area contributed by atoms with E-state index in [0.717, 1.165) is 54.1 Å². The van der Waals surface area contributed by atoms with Crippen molar-refractivity contribution in [3.8, 4) is 0 Å². The van der Waals surface area contributed by atoms with Crippen LogP contribution in [0.15, 0.2) is 11.8 Å². The molecule has 0 aromatic rings. The number of carbonyl (C=O) groups is 1. The Kier molecular flexibility index (Phi) is 7.19. The van der Waals surface area contributed by atoms with E-state index in [0.29, 0.717) is 16.7 Å². The van der Waals surface area contributed by atoms with Crippen LogP contribution in [0.25, 0.3) is 0 Å². The Morgan fingerprint density at radius 1 is 1.00 bits per heavy atom. The third-order valence-electron chi connectivity index (χ3n) is 11.0. The van der Waals surface area contributed by atoms with Crippen LogP contribution in [0.2, 0.25) is 0 Å². The van der Waals surface area contributed by atoms with Gasteiger partial charge in [0.15, 0.2) is 0 Å². The van der Waals surface area contributed by atoms with Crippen LogP contribution in [0.1, 0.15) is 119 Å². The van der Waals surface area contributed by atoms with Gasteiger partial charge in [0.2, 0.25) is 0 Å². The molecule has 2 nitrogen and oxygen atoms in total. The second kappa shape index (κ2) is 9.46. The quantitative estimate of drug-likeness (QED) is 0.385. The van der Waals surface area contributed by atoms with Crippen molar-refractivity contribution in [3.63, 3.8) is 0 Å². The minimum Gasteiger partial charge on any atom is -0.432 e. The van der Waals surface area contributed by atoms with E-state index in [1.807, 2.05) is 0 Å². The standard InChI is InChI=1S/C30H50O2/c1-20(2)9-7-10-21(3)26-14-15-27-25-13-12-23-19-24(32-22(4)31)11-8-17-29(23,5)28(25)16-18-30(26,27)6/h11,20-21,23,25-28H,7-10,12-19H2,1-6H3/t21-,23+,25?,26?,27?,28?,29?,30?/m1/s1. The van der Waals surface area contributed by atoms with E-state index in [4.69, 9.17) is 4.74 Å². The summed E-state index contributed by atoms with van der Waals surface area (Å²) in [5.74, 6) is 6.92. The lowest BCUT2D eigenvalue weighted by Crippen LogP contribution is -2.52. The molecule has 3 saturated carbocycles. The average Bonchev–Trinajstić information content (AvgIpc) is 2.97. The first kappa shape index (κ1) is 24.3. The van der Waals surface area contributed by atoms with Gasteiger partial charge < -0.3 is 4.74 Å². The number of hydrogen-bond acceptors (Lipinski definition) is 2. The molecule has 4 aliphatic rings. The second-order valence-electron chi connectivity index (χ2n) is 13.2. The van der Waals surface area contributed by atoms with Crippen molar-refractivity contribution >= 4 is 5.97 Å². The average molecular weight is 443 g/mol. The predicted octanol–water partition coefficient (Wildman–Crippen LogP) is 8.55. The molecule has 2 heteroatoms. The van der Waals surface area contributed by atoms with Crippen molar-refractivity contribution in [2.45, 2.75) is 119 Å². The first-order valence-electron chi connectivity index (χ1n) is 14.0.